The van der Waals surface area contributed by atoms with E-state index in [0.717, 1.165) is 51.4 Å². The van der Waals surface area contributed by atoms with E-state index in [4.69, 9.17) is 9.47 Å². The number of allylic oxidation sites excluding steroid dienone is 6. The first-order valence-electron chi connectivity index (χ1n) is 13.1. The normalized spacial score (nSPS) is 13.0. The van der Waals surface area contributed by atoms with Gasteiger partial charge in [0.05, 0.1) is 13.2 Å². The van der Waals surface area contributed by atoms with E-state index < -0.39 is 6.10 Å². The van der Waals surface area contributed by atoms with Crippen molar-refractivity contribution in [2.75, 3.05) is 19.8 Å². The average molecular weight is 451 g/mol. The van der Waals surface area contributed by atoms with Crippen LogP contribution in [0.2, 0.25) is 0 Å². The molecule has 4 heteroatoms. The number of aliphatic hydroxyl groups is 1. The number of ether oxygens (including phenoxy) is 2. The van der Waals surface area contributed by atoms with Gasteiger partial charge >= 0.3 is 5.97 Å². The van der Waals surface area contributed by atoms with Crippen LogP contribution in [0, 0.1) is 0 Å². The molecule has 186 valence electrons. The molecule has 0 radical (unpaired) electrons. The Labute approximate surface area is 198 Å². The standard InChI is InChI=1S/C28H50O4/c1-3-5-7-9-11-12-13-14-15-16-17-18-20-22-24-31-26-27(25-29)32-28(30)23-21-19-10-8-6-4-2/h5,7,11-12,14-15,27,29H,3-4,6,8-10,13,16-26H2,1-2H3/b7-5-,12-11-,15-14-. The number of rotatable bonds is 23. The van der Waals surface area contributed by atoms with E-state index >= 15 is 0 Å². The van der Waals surface area contributed by atoms with Gasteiger partial charge in [-0.3, -0.25) is 4.79 Å². The number of hydrogen-bond acceptors (Lipinski definition) is 4. The van der Waals surface area contributed by atoms with Crippen LogP contribution in [0.5, 0.6) is 0 Å². The summed E-state index contributed by atoms with van der Waals surface area (Å²) in [7, 11) is 0. The highest BCUT2D eigenvalue weighted by atomic mass is 16.6. The Bertz CT molecular complexity index is 482. The predicted octanol–water partition coefficient (Wildman–Crippen LogP) is 7.47. The Balaban J connectivity index is 3.52. The van der Waals surface area contributed by atoms with Crippen molar-refractivity contribution in [2.24, 2.45) is 0 Å². The first-order chi connectivity index (χ1) is 15.7. The van der Waals surface area contributed by atoms with Gasteiger partial charge in [0.25, 0.3) is 0 Å². The molecule has 0 saturated heterocycles. The van der Waals surface area contributed by atoms with Gasteiger partial charge in [0.2, 0.25) is 0 Å². The van der Waals surface area contributed by atoms with Gasteiger partial charge in [-0.15, -0.1) is 0 Å². The Hall–Kier alpha value is -1.39. The van der Waals surface area contributed by atoms with Gasteiger partial charge in [0.1, 0.15) is 6.10 Å². The molecule has 0 fully saturated rings. The van der Waals surface area contributed by atoms with Crippen molar-refractivity contribution >= 4 is 5.97 Å². The maximum atomic E-state index is 11.9. The summed E-state index contributed by atoms with van der Waals surface area (Å²) in [6.07, 6.45) is 28.9. The highest BCUT2D eigenvalue weighted by Gasteiger charge is 2.13. The molecule has 0 aromatic heterocycles. The van der Waals surface area contributed by atoms with Crippen molar-refractivity contribution in [3.05, 3.63) is 36.5 Å². The molecule has 1 atom stereocenters. The topological polar surface area (TPSA) is 55.8 Å². The average Bonchev–Trinajstić information content (AvgIpc) is 2.80. The molecule has 1 unspecified atom stereocenters. The van der Waals surface area contributed by atoms with Crippen molar-refractivity contribution in [3.63, 3.8) is 0 Å². The summed E-state index contributed by atoms with van der Waals surface area (Å²) in [5.41, 5.74) is 0. The van der Waals surface area contributed by atoms with Crippen molar-refractivity contribution in [1.82, 2.24) is 0 Å². The molecule has 0 aromatic carbocycles. The number of esters is 1. The molecule has 0 spiro atoms. The third-order valence-electron chi connectivity index (χ3n) is 5.23. The zero-order valence-corrected chi connectivity index (χ0v) is 20.9. The second kappa shape index (κ2) is 25.9. The molecule has 0 saturated carbocycles. The molecule has 0 rings (SSSR count). The molecule has 0 aliphatic rings. The number of carbonyl (C=O) groups is 1. The van der Waals surface area contributed by atoms with Crippen LogP contribution >= 0.6 is 0 Å². The molecule has 0 amide bonds. The Morgan fingerprint density at radius 3 is 2.12 bits per heavy atom. The first kappa shape index (κ1) is 30.6. The summed E-state index contributed by atoms with van der Waals surface area (Å²) in [5, 5.41) is 9.40. The molecule has 0 aliphatic carbocycles. The van der Waals surface area contributed by atoms with Gasteiger partial charge in [-0.05, 0) is 44.9 Å². The Morgan fingerprint density at radius 2 is 1.41 bits per heavy atom. The van der Waals surface area contributed by atoms with Crippen LogP contribution < -0.4 is 0 Å². The highest BCUT2D eigenvalue weighted by Crippen LogP contribution is 2.09. The third-order valence-corrected chi connectivity index (χ3v) is 5.23. The van der Waals surface area contributed by atoms with E-state index in [1.165, 1.54) is 38.5 Å². The van der Waals surface area contributed by atoms with E-state index in [1.807, 2.05) is 0 Å². The smallest absolute Gasteiger partial charge is 0.306 e. The fourth-order valence-electron chi connectivity index (χ4n) is 3.28. The van der Waals surface area contributed by atoms with Gasteiger partial charge in [0, 0.05) is 13.0 Å². The third kappa shape index (κ3) is 23.3. The minimum absolute atomic E-state index is 0.181. The second-order valence-corrected chi connectivity index (χ2v) is 8.38. The van der Waals surface area contributed by atoms with Crippen molar-refractivity contribution in [1.29, 1.82) is 0 Å². The van der Waals surface area contributed by atoms with Gasteiger partial charge < -0.3 is 14.6 Å². The minimum Gasteiger partial charge on any atom is -0.457 e. The lowest BCUT2D eigenvalue weighted by molar-refractivity contribution is -0.154. The van der Waals surface area contributed by atoms with E-state index in [9.17, 15) is 9.90 Å². The molecule has 1 N–H and O–H groups in total. The number of unbranched alkanes of at least 4 members (excludes halogenated alkanes) is 9. The fourth-order valence-corrected chi connectivity index (χ4v) is 3.28. The molecule has 4 nitrogen and oxygen atoms in total. The van der Waals surface area contributed by atoms with E-state index in [1.54, 1.807) is 0 Å². The van der Waals surface area contributed by atoms with E-state index in [-0.39, 0.29) is 19.2 Å². The zero-order valence-electron chi connectivity index (χ0n) is 20.9. The minimum atomic E-state index is -0.538. The van der Waals surface area contributed by atoms with Gasteiger partial charge in [-0.25, -0.2) is 0 Å². The maximum absolute atomic E-state index is 11.9. The molecule has 0 heterocycles. The van der Waals surface area contributed by atoms with Gasteiger partial charge in [-0.1, -0.05) is 95.2 Å². The SMILES string of the molecule is CC/C=C\C/C=C\C/C=C\CCCCCCOCC(CO)OC(=O)CCCCCCCC. The van der Waals surface area contributed by atoms with Crippen LogP contribution in [0.3, 0.4) is 0 Å². The van der Waals surface area contributed by atoms with Crippen molar-refractivity contribution < 1.29 is 19.4 Å². The van der Waals surface area contributed by atoms with Crippen LogP contribution in [0.4, 0.5) is 0 Å². The van der Waals surface area contributed by atoms with Crippen LogP contribution in [-0.4, -0.2) is 37.0 Å². The molecular formula is C28H50O4. The number of carbonyl (C=O) groups excluding carboxylic acids is 1. The fraction of sp³-hybridized carbons (Fsp3) is 0.750. The molecule has 0 aromatic rings. The van der Waals surface area contributed by atoms with Crippen LogP contribution in [0.1, 0.15) is 110 Å². The van der Waals surface area contributed by atoms with Gasteiger partial charge in [-0.2, -0.15) is 0 Å². The summed E-state index contributed by atoms with van der Waals surface area (Å²) in [6, 6.07) is 0. The predicted molar refractivity (Wildman–Crippen MR) is 136 cm³/mol. The lowest BCUT2D eigenvalue weighted by Gasteiger charge is -2.15. The summed E-state index contributed by atoms with van der Waals surface area (Å²) < 4.78 is 10.9. The molecule has 0 bridgehead atoms. The monoisotopic (exact) mass is 450 g/mol. The summed E-state index contributed by atoms with van der Waals surface area (Å²) in [4.78, 5) is 11.9. The van der Waals surface area contributed by atoms with Crippen LogP contribution in [0.25, 0.3) is 0 Å². The van der Waals surface area contributed by atoms with Crippen molar-refractivity contribution in [2.45, 2.75) is 116 Å². The molecule has 32 heavy (non-hydrogen) atoms. The zero-order chi connectivity index (χ0) is 23.5. The molecular weight excluding hydrogens is 400 g/mol. The van der Waals surface area contributed by atoms with Crippen LogP contribution in [0.15, 0.2) is 36.5 Å². The summed E-state index contributed by atoms with van der Waals surface area (Å²) >= 11 is 0. The summed E-state index contributed by atoms with van der Waals surface area (Å²) in [6.45, 7) is 5.10. The van der Waals surface area contributed by atoms with Crippen molar-refractivity contribution in [3.8, 4) is 0 Å². The first-order valence-corrected chi connectivity index (χ1v) is 13.1. The quantitative estimate of drug-likeness (QED) is 0.0996. The van der Waals surface area contributed by atoms with E-state index in [0.29, 0.717) is 13.0 Å². The number of hydrogen-bond donors (Lipinski definition) is 1. The molecule has 0 aliphatic heterocycles. The lowest BCUT2D eigenvalue weighted by Crippen LogP contribution is -2.27. The maximum Gasteiger partial charge on any atom is 0.306 e. The van der Waals surface area contributed by atoms with Crippen LogP contribution in [-0.2, 0) is 14.3 Å². The lowest BCUT2D eigenvalue weighted by atomic mass is 10.1. The second-order valence-electron chi connectivity index (χ2n) is 8.38. The van der Waals surface area contributed by atoms with E-state index in [2.05, 4.69) is 50.3 Å². The summed E-state index contributed by atoms with van der Waals surface area (Å²) in [5.74, 6) is -0.222. The Kier molecular flexibility index (Phi) is 24.7. The largest absolute Gasteiger partial charge is 0.457 e. The Morgan fingerprint density at radius 1 is 0.781 bits per heavy atom. The highest BCUT2D eigenvalue weighted by molar-refractivity contribution is 5.69. The van der Waals surface area contributed by atoms with Gasteiger partial charge in [0.15, 0.2) is 0 Å². The number of aliphatic hydroxyl groups excluding tert-OH is 1.